The number of carboxylic acids is 1. The van der Waals surface area contributed by atoms with Gasteiger partial charge in [0.1, 0.15) is 5.82 Å². The van der Waals surface area contributed by atoms with E-state index in [4.69, 9.17) is 14.6 Å². The third-order valence-corrected chi connectivity index (χ3v) is 2.64. The molecule has 0 aliphatic carbocycles. The van der Waals surface area contributed by atoms with Gasteiger partial charge in [0.2, 0.25) is 0 Å². The molecule has 6 heteroatoms. The molecule has 5 nitrogen and oxygen atoms in total. The first-order valence-electron chi connectivity index (χ1n) is 5.63. The summed E-state index contributed by atoms with van der Waals surface area (Å²) in [6.45, 7) is 1.77. The minimum Gasteiger partial charge on any atom is -0.478 e. The predicted octanol–water partition coefficient (Wildman–Crippen LogP) is 1.35. The quantitative estimate of drug-likeness (QED) is 0.850. The number of hydrogen-bond acceptors (Lipinski definition) is 4. The lowest BCUT2D eigenvalue weighted by Crippen LogP contribution is -2.34. The van der Waals surface area contributed by atoms with E-state index in [9.17, 15) is 9.18 Å². The van der Waals surface area contributed by atoms with E-state index in [-0.39, 0.29) is 17.4 Å². The molecule has 1 aliphatic rings. The Kier molecular flexibility index (Phi) is 4.11. The number of hydrogen-bond donors (Lipinski definition) is 2. The van der Waals surface area contributed by atoms with E-state index in [1.807, 2.05) is 0 Å². The Labute approximate surface area is 104 Å². The number of aromatic carboxylic acids is 1. The maximum atomic E-state index is 13.6. The highest BCUT2D eigenvalue weighted by Crippen LogP contribution is 2.20. The molecule has 0 radical (unpaired) electrons. The number of ether oxygens (including phenoxy) is 2. The number of halogens is 1. The van der Waals surface area contributed by atoms with Crippen LogP contribution in [0.25, 0.3) is 0 Å². The highest BCUT2D eigenvalue weighted by molar-refractivity contribution is 5.94. The lowest BCUT2D eigenvalue weighted by atomic mass is 10.1. The molecule has 1 aliphatic heterocycles. The zero-order chi connectivity index (χ0) is 13.0. The van der Waals surface area contributed by atoms with Gasteiger partial charge in [-0.3, -0.25) is 0 Å². The third kappa shape index (κ3) is 2.96. The van der Waals surface area contributed by atoms with Gasteiger partial charge in [-0.15, -0.1) is 0 Å². The summed E-state index contributed by atoms with van der Waals surface area (Å²) in [5, 5.41) is 11.7. The highest BCUT2D eigenvalue weighted by atomic mass is 19.1. The van der Waals surface area contributed by atoms with E-state index >= 15 is 0 Å². The Balaban J connectivity index is 2.05. The average Bonchev–Trinajstić information content (AvgIpc) is 2.38. The first-order valence-corrected chi connectivity index (χ1v) is 5.63. The second-order valence-corrected chi connectivity index (χ2v) is 3.92. The van der Waals surface area contributed by atoms with Gasteiger partial charge < -0.3 is 19.9 Å². The van der Waals surface area contributed by atoms with Crippen LogP contribution in [0.4, 0.5) is 10.1 Å². The second-order valence-electron chi connectivity index (χ2n) is 3.92. The number of carboxylic acid groups (broad SMARTS) is 1. The van der Waals surface area contributed by atoms with Crippen molar-refractivity contribution < 1.29 is 23.8 Å². The van der Waals surface area contributed by atoms with Crippen molar-refractivity contribution in [3.8, 4) is 0 Å². The van der Waals surface area contributed by atoms with Crippen molar-refractivity contribution in [2.75, 3.05) is 31.7 Å². The monoisotopic (exact) mass is 255 g/mol. The molecule has 1 heterocycles. The maximum absolute atomic E-state index is 13.6. The van der Waals surface area contributed by atoms with Gasteiger partial charge in [-0.2, -0.15) is 0 Å². The predicted molar refractivity (Wildman–Crippen MR) is 62.4 cm³/mol. The summed E-state index contributed by atoms with van der Waals surface area (Å²) in [7, 11) is 0. The molecule has 18 heavy (non-hydrogen) atoms. The summed E-state index contributed by atoms with van der Waals surface area (Å²) >= 11 is 0. The van der Waals surface area contributed by atoms with Gasteiger partial charge in [0.05, 0.1) is 37.2 Å². The van der Waals surface area contributed by atoms with E-state index in [1.165, 1.54) is 18.2 Å². The Hall–Kier alpha value is -1.66. The summed E-state index contributed by atoms with van der Waals surface area (Å²) in [6.07, 6.45) is -0.194. The summed E-state index contributed by atoms with van der Waals surface area (Å²) < 4.78 is 24.2. The molecule has 1 aromatic rings. The van der Waals surface area contributed by atoms with Crippen molar-refractivity contribution in [2.24, 2.45) is 0 Å². The highest BCUT2D eigenvalue weighted by Gasteiger charge is 2.18. The van der Waals surface area contributed by atoms with Crippen molar-refractivity contribution in [1.29, 1.82) is 0 Å². The smallest absolute Gasteiger partial charge is 0.337 e. The lowest BCUT2D eigenvalue weighted by molar-refractivity contribution is -0.0819. The van der Waals surface area contributed by atoms with Crippen LogP contribution in [0.3, 0.4) is 0 Å². The summed E-state index contributed by atoms with van der Waals surface area (Å²) in [5.74, 6) is -1.76. The minimum atomic E-state index is -1.17. The van der Waals surface area contributed by atoms with Crippen LogP contribution in [0.15, 0.2) is 18.2 Å². The van der Waals surface area contributed by atoms with Crippen molar-refractivity contribution in [2.45, 2.75) is 6.10 Å². The molecule has 0 aromatic heterocycles. The Morgan fingerprint density at radius 3 is 3.00 bits per heavy atom. The van der Waals surface area contributed by atoms with Gasteiger partial charge in [0.25, 0.3) is 0 Å². The van der Waals surface area contributed by atoms with Gasteiger partial charge in [-0.25, -0.2) is 9.18 Å². The molecule has 0 bridgehead atoms. The van der Waals surface area contributed by atoms with Crippen LogP contribution in [0.5, 0.6) is 0 Å². The first-order chi connectivity index (χ1) is 8.68. The van der Waals surface area contributed by atoms with Crippen molar-refractivity contribution in [3.05, 3.63) is 29.6 Å². The van der Waals surface area contributed by atoms with Gasteiger partial charge in [-0.1, -0.05) is 6.07 Å². The molecule has 0 saturated carbocycles. The fourth-order valence-electron chi connectivity index (χ4n) is 1.75. The molecule has 2 rings (SSSR count). The fraction of sp³-hybridized carbons (Fsp3) is 0.417. The lowest BCUT2D eigenvalue weighted by Gasteiger charge is -2.24. The number of carbonyl (C=O) groups is 1. The molecule has 98 valence electrons. The van der Waals surface area contributed by atoms with E-state index in [1.54, 1.807) is 0 Å². The maximum Gasteiger partial charge on any atom is 0.337 e. The standard InChI is InChI=1S/C12H14FNO4/c13-10-3-1-2-9(12(15)16)11(10)14-6-8-7-17-4-5-18-8/h1-3,8,14H,4-7H2,(H,15,16). The SMILES string of the molecule is O=C(O)c1cccc(F)c1NCC1COCCO1. The molecule has 0 amide bonds. The average molecular weight is 255 g/mol. The van der Waals surface area contributed by atoms with Gasteiger partial charge in [0.15, 0.2) is 0 Å². The molecule has 2 N–H and O–H groups in total. The first kappa shape index (κ1) is 12.8. The summed E-state index contributed by atoms with van der Waals surface area (Å²) in [4.78, 5) is 11.0. The Morgan fingerprint density at radius 1 is 1.50 bits per heavy atom. The minimum absolute atomic E-state index is 0.0147. The van der Waals surface area contributed by atoms with E-state index in [2.05, 4.69) is 5.32 Å². The Bertz CT molecular complexity index is 432. The van der Waals surface area contributed by atoms with Crippen LogP contribution < -0.4 is 5.32 Å². The van der Waals surface area contributed by atoms with E-state index in [0.29, 0.717) is 26.4 Å². The van der Waals surface area contributed by atoms with Crippen LogP contribution in [0.1, 0.15) is 10.4 Å². The van der Waals surface area contributed by atoms with Gasteiger partial charge >= 0.3 is 5.97 Å². The van der Waals surface area contributed by atoms with Crippen molar-refractivity contribution in [1.82, 2.24) is 0 Å². The third-order valence-electron chi connectivity index (χ3n) is 2.64. The van der Waals surface area contributed by atoms with Crippen LogP contribution in [0, 0.1) is 5.82 Å². The second kappa shape index (κ2) is 5.79. The topological polar surface area (TPSA) is 67.8 Å². The van der Waals surface area contributed by atoms with Crippen LogP contribution in [0.2, 0.25) is 0 Å². The molecule has 1 atom stereocenters. The normalized spacial score (nSPS) is 19.5. The number of rotatable bonds is 4. The summed E-state index contributed by atoms with van der Waals surface area (Å²) in [6, 6.07) is 3.93. The van der Waals surface area contributed by atoms with E-state index in [0.717, 1.165) is 0 Å². The molecule has 1 saturated heterocycles. The Morgan fingerprint density at radius 2 is 2.33 bits per heavy atom. The van der Waals surface area contributed by atoms with Crippen LogP contribution in [-0.4, -0.2) is 43.5 Å². The van der Waals surface area contributed by atoms with Gasteiger partial charge in [0, 0.05) is 6.54 Å². The summed E-state index contributed by atoms with van der Waals surface area (Å²) in [5.41, 5.74) is -0.106. The van der Waals surface area contributed by atoms with E-state index < -0.39 is 11.8 Å². The van der Waals surface area contributed by atoms with Crippen LogP contribution >= 0.6 is 0 Å². The largest absolute Gasteiger partial charge is 0.478 e. The molecular formula is C12H14FNO4. The van der Waals surface area contributed by atoms with Crippen LogP contribution in [-0.2, 0) is 9.47 Å². The molecule has 0 spiro atoms. The zero-order valence-corrected chi connectivity index (χ0v) is 9.69. The fourth-order valence-corrected chi connectivity index (χ4v) is 1.75. The molecule has 1 aromatic carbocycles. The van der Waals surface area contributed by atoms with Crippen molar-refractivity contribution in [3.63, 3.8) is 0 Å². The number of nitrogens with one attached hydrogen (secondary N) is 1. The molecular weight excluding hydrogens is 241 g/mol. The van der Waals surface area contributed by atoms with Crippen molar-refractivity contribution >= 4 is 11.7 Å². The number of benzene rings is 1. The number of para-hydroxylation sites is 1. The molecule has 1 unspecified atom stereocenters. The molecule has 1 fully saturated rings. The van der Waals surface area contributed by atoms with Gasteiger partial charge in [-0.05, 0) is 12.1 Å². The number of anilines is 1. The zero-order valence-electron chi connectivity index (χ0n) is 9.69.